The molecule has 0 unspecified atom stereocenters. The molecule has 0 amide bonds. The van der Waals surface area contributed by atoms with Crippen molar-refractivity contribution in [2.24, 2.45) is 0 Å². The van der Waals surface area contributed by atoms with Gasteiger partial charge in [0.1, 0.15) is 0 Å². The zero-order valence-electron chi connectivity index (χ0n) is 50.7. The number of anilines is 6. The molecule has 422 valence electrons. The molecule has 85 heavy (non-hydrogen) atoms. The van der Waals surface area contributed by atoms with Crippen LogP contribution in [0.5, 0.6) is 0 Å². The zero-order chi connectivity index (χ0) is 60.3. The van der Waals surface area contributed by atoms with Gasteiger partial charge in [-0.05, 0) is 190 Å². The fourth-order valence-corrected chi connectivity index (χ4v) is 9.95. The molecule has 0 atom stereocenters. The molecule has 10 aromatic rings. The molecule has 0 spiro atoms. The van der Waals surface area contributed by atoms with Crippen molar-refractivity contribution in [2.45, 2.75) is 105 Å². The topological polar surface area (TPSA) is 95.3 Å². The van der Waals surface area contributed by atoms with Crippen LogP contribution in [0.25, 0.3) is 34.2 Å². The van der Waals surface area contributed by atoms with E-state index in [-0.39, 0.29) is 27.2 Å². The Morgan fingerprint density at radius 2 is 0.624 bits per heavy atom. The van der Waals surface area contributed by atoms with E-state index < -0.39 is 5.97 Å². The molecule has 1 N–H and O–H groups in total. The summed E-state index contributed by atoms with van der Waals surface area (Å²) in [5, 5.41) is 9.75. The average molecular weight is 1110 g/mol. The Morgan fingerprint density at radius 1 is 0.329 bits per heavy atom. The number of aromatic carboxylic acids is 1. The van der Waals surface area contributed by atoms with Crippen molar-refractivity contribution in [1.29, 1.82) is 0 Å². The summed E-state index contributed by atoms with van der Waals surface area (Å²) in [6, 6.07) is 68.3. The van der Waals surface area contributed by atoms with Crippen molar-refractivity contribution in [3.8, 4) is 57.8 Å². The third kappa shape index (κ3) is 14.0. The lowest BCUT2D eigenvalue weighted by molar-refractivity contribution is 0.0696. The van der Waals surface area contributed by atoms with Crippen LogP contribution in [0, 0.1) is 23.7 Å². The van der Waals surface area contributed by atoms with Crippen molar-refractivity contribution in [1.82, 2.24) is 19.9 Å². The molecule has 4 heterocycles. The Labute approximate surface area is 502 Å². The molecule has 4 aromatic heterocycles. The Hall–Kier alpha value is -9.89. The zero-order valence-corrected chi connectivity index (χ0v) is 50.7. The summed E-state index contributed by atoms with van der Waals surface area (Å²) >= 11 is 0. The Morgan fingerprint density at radius 3 is 1.00 bits per heavy atom. The molecule has 0 saturated carbocycles. The number of carboxylic acid groups (broad SMARTS) is 1. The van der Waals surface area contributed by atoms with Gasteiger partial charge in [0.2, 0.25) is 0 Å². The predicted octanol–water partition coefficient (Wildman–Crippen LogP) is 18.9. The SMILES string of the molecule is CC(C)(C)c1ccc(N(c2ccc(C#Cc3ccnc(-c4cc(C#Cc5ccc(N(c6ccc(C(C)(C)C)cc6)c6ccc(C(C)(C)C)cc6)cc5)cc(-c5cccc(-c6cc(C(=O)O)ccn6)n5)n4)c3)cc2)c2ccc(C(C)(C)C)cc2)cc1. The lowest BCUT2D eigenvalue weighted by Crippen LogP contribution is -2.14. The maximum atomic E-state index is 11.9. The first-order valence-corrected chi connectivity index (χ1v) is 28.9. The van der Waals surface area contributed by atoms with Gasteiger partial charge in [-0.15, -0.1) is 0 Å². The van der Waals surface area contributed by atoms with Crippen molar-refractivity contribution >= 4 is 40.1 Å². The van der Waals surface area contributed by atoms with E-state index in [0.29, 0.717) is 39.7 Å². The fraction of sp³-hybridized carbons (Fsp3) is 0.208. The second-order valence-electron chi connectivity index (χ2n) is 25.7. The molecule has 0 saturated heterocycles. The van der Waals surface area contributed by atoms with Crippen molar-refractivity contribution in [3.63, 3.8) is 0 Å². The number of pyridine rings is 4. The monoisotopic (exact) mass is 1110 g/mol. The van der Waals surface area contributed by atoms with E-state index in [0.717, 1.165) is 50.8 Å². The second-order valence-corrected chi connectivity index (χ2v) is 25.7. The number of rotatable bonds is 10. The van der Waals surface area contributed by atoms with Crippen LogP contribution >= 0.6 is 0 Å². The van der Waals surface area contributed by atoms with Gasteiger partial charge in [0, 0.05) is 68.8 Å². The fourth-order valence-electron chi connectivity index (χ4n) is 9.95. The highest BCUT2D eigenvalue weighted by atomic mass is 16.4. The third-order valence-electron chi connectivity index (χ3n) is 15.0. The molecule has 8 nitrogen and oxygen atoms in total. The van der Waals surface area contributed by atoms with E-state index in [4.69, 9.17) is 15.0 Å². The lowest BCUT2D eigenvalue weighted by atomic mass is 9.86. The van der Waals surface area contributed by atoms with Gasteiger partial charge in [0.15, 0.2) is 0 Å². The first-order chi connectivity index (χ1) is 40.4. The van der Waals surface area contributed by atoms with Gasteiger partial charge < -0.3 is 14.9 Å². The number of carboxylic acids is 1. The molecule has 0 aliphatic carbocycles. The average Bonchev–Trinajstić information content (AvgIpc) is 2.38. The molecule has 8 heteroatoms. The highest BCUT2D eigenvalue weighted by Gasteiger charge is 2.22. The van der Waals surface area contributed by atoms with Gasteiger partial charge in [-0.25, -0.2) is 14.8 Å². The van der Waals surface area contributed by atoms with E-state index in [9.17, 15) is 9.90 Å². The Kier molecular flexibility index (Phi) is 16.3. The molecule has 0 radical (unpaired) electrons. The quantitative estimate of drug-likeness (QED) is 0.135. The molecular weight excluding hydrogens is 1040 g/mol. The normalized spacial score (nSPS) is 11.7. The van der Waals surface area contributed by atoms with E-state index >= 15 is 0 Å². The molecule has 6 aromatic carbocycles. The summed E-state index contributed by atoms with van der Waals surface area (Å²) in [6.45, 7) is 26.8. The lowest BCUT2D eigenvalue weighted by Gasteiger charge is -2.28. The molecule has 0 bridgehead atoms. The largest absolute Gasteiger partial charge is 0.478 e. The summed E-state index contributed by atoms with van der Waals surface area (Å²) in [5.74, 6) is 12.6. The summed E-state index contributed by atoms with van der Waals surface area (Å²) in [7, 11) is 0. The van der Waals surface area contributed by atoms with Gasteiger partial charge in [0.25, 0.3) is 0 Å². The van der Waals surface area contributed by atoms with Crippen LogP contribution in [0.4, 0.5) is 34.1 Å². The van der Waals surface area contributed by atoms with Gasteiger partial charge in [-0.2, -0.15) is 0 Å². The number of hydrogen-bond acceptors (Lipinski definition) is 7. The summed E-state index contributed by atoms with van der Waals surface area (Å²) in [5.41, 5.74) is 18.1. The van der Waals surface area contributed by atoms with Crippen molar-refractivity contribution in [3.05, 3.63) is 263 Å². The van der Waals surface area contributed by atoms with Gasteiger partial charge >= 0.3 is 5.97 Å². The van der Waals surface area contributed by atoms with Crippen LogP contribution in [0.15, 0.2) is 213 Å². The molecule has 0 fully saturated rings. The minimum absolute atomic E-state index is 0.0264. The highest BCUT2D eigenvalue weighted by Crippen LogP contribution is 2.39. The summed E-state index contributed by atoms with van der Waals surface area (Å²) < 4.78 is 0. The van der Waals surface area contributed by atoms with Gasteiger partial charge in [-0.1, -0.05) is 161 Å². The Bertz CT molecular complexity index is 4040. The second kappa shape index (κ2) is 23.8. The van der Waals surface area contributed by atoms with Gasteiger partial charge in [-0.3, -0.25) is 9.97 Å². The van der Waals surface area contributed by atoms with Crippen molar-refractivity contribution < 1.29 is 9.90 Å². The van der Waals surface area contributed by atoms with Crippen LogP contribution in [-0.4, -0.2) is 31.0 Å². The van der Waals surface area contributed by atoms with Crippen LogP contribution in [0.2, 0.25) is 0 Å². The molecular formula is C77H72N6O2. The van der Waals surface area contributed by atoms with Crippen LogP contribution in [0.3, 0.4) is 0 Å². The van der Waals surface area contributed by atoms with Gasteiger partial charge in [0.05, 0.1) is 39.7 Å². The van der Waals surface area contributed by atoms with E-state index in [2.05, 4.69) is 267 Å². The number of hydrogen-bond donors (Lipinski definition) is 1. The maximum absolute atomic E-state index is 11.9. The minimum Gasteiger partial charge on any atom is -0.478 e. The van der Waals surface area contributed by atoms with Crippen LogP contribution in [-0.2, 0) is 21.7 Å². The minimum atomic E-state index is -1.04. The molecule has 0 aliphatic heterocycles. The number of benzene rings is 6. The van der Waals surface area contributed by atoms with E-state index in [1.54, 1.807) is 12.3 Å². The molecule has 10 rings (SSSR count). The highest BCUT2D eigenvalue weighted by molar-refractivity contribution is 5.89. The first-order valence-electron chi connectivity index (χ1n) is 28.9. The maximum Gasteiger partial charge on any atom is 0.335 e. The number of carbonyl (C=O) groups is 1. The molecule has 0 aliphatic rings. The predicted molar refractivity (Wildman–Crippen MR) is 350 cm³/mol. The number of aromatic nitrogens is 4. The van der Waals surface area contributed by atoms with E-state index in [1.165, 1.54) is 40.6 Å². The number of nitrogens with zero attached hydrogens (tertiary/aromatic N) is 6. The Balaban J connectivity index is 0.979. The summed E-state index contributed by atoms with van der Waals surface area (Å²) in [6.07, 6.45) is 3.22. The van der Waals surface area contributed by atoms with Crippen LogP contribution < -0.4 is 9.80 Å². The first kappa shape index (κ1) is 58.3. The van der Waals surface area contributed by atoms with Crippen LogP contribution in [0.1, 0.15) is 138 Å². The van der Waals surface area contributed by atoms with E-state index in [1.807, 2.05) is 36.4 Å². The van der Waals surface area contributed by atoms with Crippen molar-refractivity contribution in [2.75, 3.05) is 9.80 Å². The summed E-state index contributed by atoms with van der Waals surface area (Å²) in [4.78, 5) is 35.8. The standard InChI is InChI=1S/C77H72N6O2/c1-74(2,3)57-24-36-63(37-25-57)82(64-38-26-58(27-39-64)75(4,5)6)61-32-20-52(21-33-61)16-18-54-44-46-78-69(48-54)72-50-55(49-71(81-72)68-15-13-14-67(80-68)70-51-56(73(84)85)45-47-79-70)19-17-53-22-34-62(35-23-53)83(65-40-28-59(29-41-65)76(7,8)9)66-42-30-60(31-43-66)77(10,11)12/h13-15,20-51H,1-12H3,(H,84,85). The smallest absolute Gasteiger partial charge is 0.335 e. The third-order valence-corrected chi connectivity index (χ3v) is 15.0.